The van der Waals surface area contributed by atoms with Crippen molar-refractivity contribution in [3.8, 4) is 11.4 Å². The molecule has 0 radical (unpaired) electrons. The molecule has 4 nitrogen and oxygen atoms in total. The molecule has 0 bridgehead atoms. The van der Waals surface area contributed by atoms with E-state index in [4.69, 9.17) is 4.52 Å². The van der Waals surface area contributed by atoms with Crippen molar-refractivity contribution in [2.24, 2.45) is 0 Å². The van der Waals surface area contributed by atoms with Crippen molar-refractivity contribution in [1.82, 2.24) is 10.1 Å². The third-order valence-electron chi connectivity index (χ3n) is 2.92. The number of nitrogens with zero attached hydrogens (tertiary/aromatic N) is 2. The second-order valence-electron chi connectivity index (χ2n) is 4.37. The van der Waals surface area contributed by atoms with Gasteiger partial charge in [0.05, 0.1) is 5.92 Å². The standard InChI is InChI=1S/C14H16N2O2/c1-4-12(17)10(3)14-15-13(16-18-14)11-7-5-6-9(2)8-11/h5-8,10H,4H2,1-3H3. The molecule has 0 aliphatic carbocycles. The van der Waals surface area contributed by atoms with E-state index in [0.717, 1.165) is 11.1 Å². The van der Waals surface area contributed by atoms with Crippen molar-refractivity contribution < 1.29 is 9.32 Å². The van der Waals surface area contributed by atoms with Gasteiger partial charge in [-0.2, -0.15) is 4.98 Å². The van der Waals surface area contributed by atoms with Gasteiger partial charge in [-0.25, -0.2) is 0 Å². The number of aryl methyl sites for hydroxylation is 1. The van der Waals surface area contributed by atoms with Crippen LogP contribution >= 0.6 is 0 Å². The molecule has 1 unspecified atom stereocenters. The summed E-state index contributed by atoms with van der Waals surface area (Å²) in [6.07, 6.45) is 0.476. The maximum atomic E-state index is 11.6. The summed E-state index contributed by atoms with van der Waals surface area (Å²) in [5.74, 6) is 0.693. The molecule has 1 aromatic heterocycles. The monoisotopic (exact) mass is 244 g/mol. The van der Waals surface area contributed by atoms with E-state index in [2.05, 4.69) is 10.1 Å². The van der Waals surface area contributed by atoms with E-state index in [1.165, 1.54) is 0 Å². The van der Waals surface area contributed by atoms with Gasteiger partial charge in [0.15, 0.2) is 0 Å². The van der Waals surface area contributed by atoms with Crippen molar-refractivity contribution in [3.05, 3.63) is 35.7 Å². The van der Waals surface area contributed by atoms with Crippen LogP contribution in [0.5, 0.6) is 0 Å². The van der Waals surface area contributed by atoms with E-state index >= 15 is 0 Å². The molecule has 0 amide bonds. The number of carbonyl (C=O) groups is 1. The van der Waals surface area contributed by atoms with Crippen LogP contribution in [0.3, 0.4) is 0 Å². The van der Waals surface area contributed by atoms with Crippen LogP contribution in [0.25, 0.3) is 11.4 Å². The number of carbonyl (C=O) groups excluding carboxylic acids is 1. The van der Waals surface area contributed by atoms with Crippen LogP contribution in [-0.2, 0) is 4.79 Å². The Morgan fingerprint density at radius 1 is 1.44 bits per heavy atom. The highest BCUT2D eigenvalue weighted by molar-refractivity contribution is 5.84. The van der Waals surface area contributed by atoms with Crippen LogP contribution in [0.1, 0.15) is 37.6 Å². The van der Waals surface area contributed by atoms with E-state index in [9.17, 15) is 4.79 Å². The van der Waals surface area contributed by atoms with Crippen molar-refractivity contribution >= 4 is 5.78 Å². The SMILES string of the molecule is CCC(=O)C(C)c1nc(-c2cccc(C)c2)no1. The fraction of sp³-hybridized carbons (Fsp3) is 0.357. The Balaban J connectivity index is 2.28. The summed E-state index contributed by atoms with van der Waals surface area (Å²) in [5, 5.41) is 3.93. The number of hydrogen-bond acceptors (Lipinski definition) is 4. The quantitative estimate of drug-likeness (QED) is 0.829. The minimum atomic E-state index is -0.332. The number of rotatable bonds is 4. The minimum Gasteiger partial charge on any atom is -0.338 e. The lowest BCUT2D eigenvalue weighted by atomic mass is 10.1. The lowest BCUT2D eigenvalue weighted by molar-refractivity contribution is -0.120. The highest BCUT2D eigenvalue weighted by atomic mass is 16.5. The summed E-state index contributed by atoms with van der Waals surface area (Å²) in [6, 6.07) is 7.87. The van der Waals surface area contributed by atoms with E-state index in [-0.39, 0.29) is 11.7 Å². The number of benzene rings is 1. The van der Waals surface area contributed by atoms with Gasteiger partial charge >= 0.3 is 0 Å². The first kappa shape index (κ1) is 12.5. The zero-order valence-corrected chi connectivity index (χ0v) is 10.8. The molecule has 1 aromatic carbocycles. The molecule has 0 saturated carbocycles. The smallest absolute Gasteiger partial charge is 0.237 e. The zero-order chi connectivity index (χ0) is 13.1. The first-order valence-corrected chi connectivity index (χ1v) is 6.05. The molecule has 2 aromatic rings. The lowest BCUT2D eigenvalue weighted by Gasteiger charge is -2.01. The Morgan fingerprint density at radius 2 is 2.22 bits per heavy atom. The Kier molecular flexibility index (Phi) is 3.55. The molecule has 0 saturated heterocycles. The van der Waals surface area contributed by atoms with Crippen LogP contribution < -0.4 is 0 Å². The minimum absolute atomic E-state index is 0.106. The molecule has 0 N–H and O–H groups in total. The first-order valence-electron chi connectivity index (χ1n) is 6.05. The van der Waals surface area contributed by atoms with Gasteiger partial charge in [0, 0.05) is 12.0 Å². The topological polar surface area (TPSA) is 56.0 Å². The van der Waals surface area contributed by atoms with E-state index in [0.29, 0.717) is 18.1 Å². The predicted octanol–water partition coefficient (Wildman–Crippen LogP) is 3.13. The third kappa shape index (κ3) is 2.47. The van der Waals surface area contributed by atoms with Gasteiger partial charge in [-0.3, -0.25) is 4.79 Å². The number of Topliss-reactive ketones (excluding diaryl/α,β-unsaturated/α-hetero) is 1. The average Bonchev–Trinajstić information content (AvgIpc) is 2.86. The van der Waals surface area contributed by atoms with E-state index in [1.807, 2.05) is 38.1 Å². The maximum Gasteiger partial charge on any atom is 0.237 e. The molecule has 0 fully saturated rings. The Labute approximate surface area is 106 Å². The molecule has 1 heterocycles. The summed E-state index contributed by atoms with van der Waals surface area (Å²) >= 11 is 0. The molecular formula is C14H16N2O2. The average molecular weight is 244 g/mol. The van der Waals surface area contributed by atoms with Gasteiger partial charge < -0.3 is 4.52 Å². The summed E-state index contributed by atoms with van der Waals surface area (Å²) in [7, 11) is 0. The number of ketones is 1. The van der Waals surface area contributed by atoms with Crippen molar-refractivity contribution in [2.45, 2.75) is 33.1 Å². The molecule has 0 aliphatic heterocycles. The van der Waals surface area contributed by atoms with Gasteiger partial charge in [0.2, 0.25) is 11.7 Å². The van der Waals surface area contributed by atoms with Crippen LogP contribution in [0.2, 0.25) is 0 Å². The largest absolute Gasteiger partial charge is 0.338 e. The molecule has 18 heavy (non-hydrogen) atoms. The first-order chi connectivity index (χ1) is 8.61. The van der Waals surface area contributed by atoms with Crippen LogP contribution in [0.4, 0.5) is 0 Å². The molecule has 1 atom stereocenters. The molecule has 2 rings (SSSR count). The van der Waals surface area contributed by atoms with Gasteiger partial charge in [0.25, 0.3) is 0 Å². The Morgan fingerprint density at radius 3 is 2.89 bits per heavy atom. The van der Waals surface area contributed by atoms with Gasteiger partial charge in [-0.15, -0.1) is 0 Å². The van der Waals surface area contributed by atoms with Crippen molar-refractivity contribution in [2.75, 3.05) is 0 Å². The normalized spacial score (nSPS) is 12.4. The van der Waals surface area contributed by atoms with E-state index < -0.39 is 0 Å². The molecule has 0 aliphatic rings. The highest BCUT2D eigenvalue weighted by Crippen LogP contribution is 2.21. The summed E-state index contributed by atoms with van der Waals surface area (Å²) in [4.78, 5) is 15.9. The van der Waals surface area contributed by atoms with Gasteiger partial charge in [-0.05, 0) is 19.9 Å². The number of aromatic nitrogens is 2. The van der Waals surface area contributed by atoms with Crippen LogP contribution in [0.15, 0.2) is 28.8 Å². The summed E-state index contributed by atoms with van der Waals surface area (Å²) < 4.78 is 5.16. The Bertz CT molecular complexity index is 560. The zero-order valence-electron chi connectivity index (χ0n) is 10.8. The second-order valence-corrected chi connectivity index (χ2v) is 4.37. The van der Waals surface area contributed by atoms with Gasteiger partial charge in [0.1, 0.15) is 5.78 Å². The lowest BCUT2D eigenvalue weighted by Crippen LogP contribution is -2.07. The number of hydrogen-bond donors (Lipinski definition) is 0. The van der Waals surface area contributed by atoms with Crippen molar-refractivity contribution in [1.29, 1.82) is 0 Å². The molecule has 0 spiro atoms. The molecular weight excluding hydrogens is 228 g/mol. The fourth-order valence-electron chi connectivity index (χ4n) is 1.76. The third-order valence-corrected chi connectivity index (χ3v) is 2.92. The second kappa shape index (κ2) is 5.12. The Hall–Kier alpha value is -1.97. The van der Waals surface area contributed by atoms with Gasteiger partial charge in [-0.1, -0.05) is 35.8 Å². The van der Waals surface area contributed by atoms with Crippen LogP contribution in [-0.4, -0.2) is 15.9 Å². The maximum absolute atomic E-state index is 11.6. The van der Waals surface area contributed by atoms with E-state index in [1.54, 1.807) is 6.92 Å². The predicted molar refractivity (Wildman–Crippen MR) is 68.2 cm³/mol. The van der Waals surface area contributed by atoms with Crippen LogP contribution in [0, 0.1) is 6.92 Å². The highest BCUT2D eigenvalue weighted by Gasteiger charge is 2.20. The summed E-state index contributed by atoms with van der Waals surface area (Å²) in [6.45, 7) is 5.63. The van der Waals surface area contributed by atoms with Crippen molar-refractivity contribution in [3.63, 3.8) is 0 Å². The molecule has 4 heteroatoms. The fourth-order valence-corrected chi connectivity index (χ4v) is 1.76. The summed E-state index contributed by atoms with van der Waals surface area (Å²) in [5.41, 5.74) is 2.04. The molecule has 94 valence electrons.